The average molecular weight is 1550 g/mol. The second kappa shape index (κ2) is 32.6. The molecule has 0 amide bonds. The Kier molecular flexibility index (Phi) is 23.5. The zero-order chi connectivity index (χ0) is 76.1. The molecular formula is C61H78ClF9N30O5S. The summed E-state index contributed by atoms with van der Waals surface area (Å²) >= 11 is 6.00. The topological polar surface area (TPSA) is 404 Å². The van der Waals surface area contributed by atoms with E-state index in [4.69, 9.17) is 43.0 Å². The molecule has 0 spiro atoms. The number of nitrogens with two attached hydrogens (primary N) is 3. The van der Waals surface area contributed by atoms with Gasteiger partial charge in [-0.15, -0.1) is 0 Å². The first-order chi connectivity index (χ1) is 50.9. The largest absolute Gasteiger partial charge is 0.406 e. The van der Waals surface area contributed by atoms with Crippen molar-refractivity contribution in [3.05, 3.63) is 42.5 Å². The number of sulfonamides is 1. The quantitative estimate of drug-likeness (QED) is 0.0755. The lowest BCUT2D eigenvalue weighted by Crippen LogP contribution is -2.54. The fourth-order valence-electron chi connectivity index (χ4n) is 12.6. The van der Waals surface area contributed by atoms with Gasteiger partial charge >= 0.3 is 18.5 Å². The van der Waals surface area contributed by atoms with Crippen molar-refractivity contribution in [3.63, 3.8) is 0 Å². The smallest absolute Gasteiger partial charge is 0.378 e. The molecule has 6 aliphatic heterocycles. The number of halogens is 10. The highest BCUT2D eigenvalue weighted by Crippen LogP contribution is 2.38. The van der Waals surface area contributed by atoms with Crippen molar-refractivity contribution in [2.24, 2.45) is 0 Å². The minimum Gasteiger partial charge on any atom is -0.378 e. The van der Waals surface area contributed by atoms with E-state index in [0.29, 0.717) is 144 Å². The van der Waals surface area contributed by atoms with Crippen molar-refractivity contribution >= 4 is 102 Å². The van der Waals surface area contributed by atoms with E-state index in [1.807, 2.05) is 26.5 Å². The Hall–Kier alpha value is -9.38. The molecule has 9 N–H and O–H groups in total. The molecule has 15 heterocycles. The molecule has 6 saturated heterocycles. The molecule has 578 valence electrons. The van der Waals surface area contributed by atoms with E-state index in [0.717, 1.165) is 39.6 Å². The number of morpholine rings is 3. The number of aromatic nitrogens is 18. The second-order valence-electron chi connectivity index (χ2n) is 25.8. The van der Waals surface area contributed by atoms with Gasteiger partial charge in [-0.05, 0) is 32.4 Å². The summed E-state index contributed by atoms with van der Waals surface area (Å²) in [4.78, 5) is 73.4. The van der Waals surface area contributed by atoms with Gasteiger partial charge < -0.3 is 71.9 Å². The van der Waals surface area contributed by atoms with Gasteiger partial charge in [-0.3, -0.25) is 13.7 Å². The van der Waals surface area contributed by atoms with Crippen LogP contribution in [0.4, 0.5) is 86.7 Å². The molecule has 6 aliphatic rings. The number of nitrogens with one attached hydrogen (secondary N) is 3. The van der Waals surface area contributed by atoms with E-state index >= 15 is 0 Å². The second-order valence-corrected chi connectivity index (χ2v) is 28.0. The Morgan fingerprint density at radius 3 is 1.16 bits per heavy atom. The summed E-state index contributed by atoms with van der Waals surface area (Å²) in [6.45, 7) is 13.3. The first kappa shape index (κ1) is 77.2. The summed E-state index contributed by atoms with van der Waals surface area (Å²) in [7, 11) is -3.47. The highest BCUT2D eigenvalue weighted by molar-refractivity contribution is 7.88. The zero-order valence-electron chi connectivity index (χ0n) is 58.4. The normalized spacial score (nSPS) is 19.5. The Balaban J connectivity index is 0.000000144. The van der Waals surface area contributed by atoms with E-state index in [1.54, 1.807) is 11.8 Å². The van der Waals surface area contributed by atoms with E-state index in [9.17, 15) is 47.9 Å². The van der Waals surface area contributed by atoms with Crippen LogP contribution in [0.5, 0.6) is 0 Å². The molecule has 46 heteroatoms. The number of nitrogens with zero attached hydrogens (tertiary/aromatic N) is 24. The number of fused-ring (bicyclic) bond motifs is 3. The minimum absolute atomic E-state index is 0.00108. The molecule has 9 aromatic heterocycles. The average Bonchev–Trinajstić information content (AvgIpc) is 1.64. The fraction of sp³-hybridized carbons (Fsp3) is 0.557. The number of imidazole rings is 3. The first-order valence-electron chi connectivity index (χ1n) is 34.0. The van der Waals surface area contributed by atoms with E-state index in [-0.39, 0.29) is 106 Å². The Bertz CT molecular complexity index is 4630. The maximum atomic E-state index is 13.9. The molecule has 0 aliphatic carbocycles. The van der Waals surface area contributed by atoms with Gasteiger partial charge in [0.15, 0.2) is 68.4 Å². The predicted molar refractivity (Wildman–Crippen MR) is 378 cm³/mol. The van der Waals surface area contributed by atoms with Gasteiger partial charge in [-0.1, -0.05) is 0 Å². The van der Waals surface area contributed by atoms with Gasteiger partial charge in [0.1, 0.15) is 19.6 Å². The molecule has 107 heavy (non-hydrogen) atoms. The Morgan fingerprint density at radius 2 is 0.822 bits per heavy atom. The molecule has 35 nitrogen and oxygen atoms in total. The van der Waals surface area contributed by atoms with Crippen molar-refractivity contribution in [1.82, 2.24) is 109 Å². The van der Waals surface area contributed by atoms with Crippen LogP contribution in [0.2, 0.25) is 5.28 Å². The molecular weight excluding hydrogens is 1470 g/mol. The maximum absolute atomic E-state index is 13.9. The molecule has 0 radical (unpaired) electrons. The predicted octanol–water partition coefficient (Wildman–Crippen LogP) is 3.28. The maximum Gasteiger partial charge on any atom is 0.406 e. The molecule has 9 aromatic rings. The van der Waals surface area contributed by atoms with Gasteiger partial charge in [0.25, 0.3) is 0 Å². The van der Waals surface area contributed by atoms with Crippen molar-refractivity contribution < 1.29 is 62.1 Å². The summed E-state index contributed by atoms with van der Waals surface area (Å²) < 4.78 is 167. The van der Waals surface area contributed by atoms with Gasteiger partial charge in [0, 0.05) is 153 Å². The lowest BCUT2D eigenvalue weighted by molar-refractivity contribution is -0.140. The summed E-state index contributed by atoms with van der Waals surface area (Å²) in [6.07, 6.45) is -3.89. The number of ether oxygens (including phenoxy) is 3. The molecule has 0 saturated carbocycles. The van der Waals surface area contributed by atoms with Gasteiger partial charge in [0.2, 0.25) is 45.0 Å². The van der Waals surface area contributed by atoms with Crippen LogP contribution in [0.1, 0.15) is 20.8 Å². The van der Waals surface area contributed by atoms with Crippen LogP contribution in [-0.4, -0.2) is 282 Å². The Morgan fingerprint density at radius 1 is 0.458 bits per heavy atom. The third-order valence-corrected chi connectivity index (χ3v) is 19.2. The van der Waals surface area contributed by atoms with Crippen molar-refractivity contribution in [2.75, 3.05) is 186 Å². The molecule has 0 unspecified atom stereocenters. The lowest BCUT2D eigenvalue weighted by atomic mass is 10.2. The van der Waals surface area contributed by atoms with Crippen molar-refractivity contribution in [1.29, 1.82) is 0 Å². The lowest BCUT2D eigenvalue weighted by Gasteiger charge is -2.38. The monoisotopic (exact) mass is 1550 g/mol. The van der Waals surface area contributed by atoms with Crippen LogP contribution >= 0.6 is 11.6 Å². The zero-order valence-corrected chi connectivity index (χ0v) is 59.9. The van der Waals surface area contributed by atoms with Crippen LogP contribution in [0.15, 0.2) is 37.2 Å². The van der Waals surface area contributed by atoms with Gasteiger partial charge in [0.05, 0.1) is 62.6 Å². The van der Waals surface area contributed by atoms with Crippen LogP contribution in [0.25, 0.3) is 67.7 Å². The van der Waals surface area contributed by atoms with Gasteiger partial charge in [-0.25, -0.2) is 83.2 Å². The third kappa shape index (κ3) is 19.1. The SMILES string of the molecule is C[C@@H]1CN(c2nc3c(N4CCOCC4)nc(-c4cnc(N)nc4)nc3n2CC(F)(F)F)CCN1.C[C@@H]1CN(c2nc3c(N4CCOCC4)nc(-c4cnc(N)nc4)nc3n2CC(F)(F)F)CCN1S(C)(=O)=O.C[C@@H]1CNCCN1.Nc1ncc(-c2nc(N3CCOCC3)c3nc(Cl)n(CC(F)(F)F)c3n2)cn1. The number of hydrogen-bond donors (Lipinski definition) is 6. The molecule has 15 rings (SSSR count). The molecule has 3 atom stereocenters. The van der Waals surface area contributed by atoms with Crippen LogP contribution in [0, 0.1) is 0 Å². The minimum atomic E-state index is -4.57. The number of piperazine rings is 3. The summed E-state index contributed by atoms with van der Waals surface area (Å²) in [5.74, 6) is 2.15. The van der Waals surface area contributed by atoms with Gasteiger partial charge in [-0.2, -0.15) is 43.8 Å². The molecule has 0 aromatic carbocycles. The van der Waals surface area contributed by atoms with E-state index in [2.05, 4.69) is 97.6 Å². The number of alkyl halides is 9. The standard InChI is InChI=1S/C21H27F3N10O3S.C20H25F3N10O.C15H14ClF3N8O.C5H12N2/c1-13-11-32(3-4-34(13)38(2,35)36)20-28-15-17(31-5-7-37-8-6-31)29-16(14-9-26-19(25)27-10-14)30-18(15)33(20)12-21(22,23)24;1-12-10-32(3-2-25-12)19-28-14-16(31-4-6-34-7-5-31)29-15(13-8-26-18(24)27-9-13)30-17(14)33(19)11-20(21,22)23;16-13-23-9-11(26-1-3-28-4-2-26)24-10(8-5-21-14(20)22-6-8)25-12(9)27(13)7-15(17,18)19;1-5-4-6-2-3-7-5/h9-10,13H,3-8,11-12H2,1-2H3,(H2,25,26,27);8-9,12,25H,2-7,10-11H2,1H3,(H2,24,26,27);5-6H,1-4,7H2,(H2,20,21,22);5-7H,2-4H2,1H3/t13-;12-;;5-/m11.1/s1. The summed E-state index contributed by atoms with van der Waals surface area (Å²) in [5, 5.41) is 9.58. The molecule has 0 bridgehead atoms. The first-order valence-corrected chi connectivity index (χ1v) is 36.2. The van der Waals surface area contributed by atoms with E-state index < -0.39 is 54.2 Å². The highest BCUT2D eigenvalue weighted by atomic mass is 35.5. The third-order valence-electron chi connectivity index (χ3n) is 17.5. The van der Waals surface area contributed by atoms with E-state index in [1.165, 1.54) is 41.5 Å². The van der Waals surface area contributed by atoms with Crippen molar-refractivity contribution in [3.8, 4) is 34.2 Å². The van der Waals surface area contributed by atoms with Crippen molar-refractivity contribution in [2.45, 2.75) is 77.1 Å². The highest BCUT2D eigenvalue weighted by Gasteiger charge is 2.39. The molecule has 6 fully saturated rings. The fourth-order valence-corrected chi connectivity index (χ4v) is 14.0. The number of hydrogen-bond acceptors (Lipinski definition) is 31. The Labute approximate surface area is 610 Å². The summed E-state index contributed by atoms with van der Waals surface area (Å²) in [5.41, 5.74) is 18.7. The summed E-state index contributed by atoms with van der Waals surface area (Å²) in [6, 6.07) is 0.319. The number of anilines is 8. The van der Waals surface area contributed by atoms with Crippen LogP contribution in [-0.2, 0) is 43.9 Å². The van der Waals surface area contributed by atoms with Crippen LogP contribution < -0.4 is 57.7 Å². The number of rotatable bonds is 12. The number of nitrogen functional groups attached to an aromatic ring is 3. The van der Waals surface area contributed by atoms with Crippen LogP contribution in [0.3, 0.4) is 0 Å².